The van der Waals surface area contributed by atoms with E-state index in [1.165, 1.54) is 32.1 Å². The standard InChI is InChI=1S/C21H35N5O/c1-2-22-20(24-13-9-19-8-4-7-12-23-19)25-18-21(10-5-3-6-11-21)26-14-16-27-17-15-26/h4,7-8,12H,2-3,5-6,9-11,13-18H2,1H3,(H2,22,24,25). The molecule has 2 N–H and O–H groups in total. The summed E-state index contributed by atoms with van der Waals surface area (Å²) in [5, 5.41) is 6.89. The average Bonchev–Trinajstić information content (AvgIpc) is 2.74. The first-order chi connectivity index (χ1) is 13.3. The van der Waals surface area contributed by atoms with E-state index in [4.69, 9.17) is 9.73 Å². The number of nitrogens with one attached hydrogen (secondary N) is 2. The van der Waals surface area contributed by atoms with Gasteiger partial charge < -0.3 is 15.4 Å². The Balaban J connectivity index is 1.60. The lowest BCUT2D eigenvalue weighted by molar-refractivity contribution is -0.0333. The molecule has 27 heavy (non-hydrogen) atoms. The number of hydrogen-bond donors (Lipinski definition) is 2. The molecule has 3 rings (SSSR count). The van der Waals surface area contributed by atoms with Gasteiger partial charge in [-0.15, -0.1) is 0 Å². The molecule has 6 nitrogen and oxygen atoms in total. The Morgan fingerprint density at radius 3 is 2.70 bits per heavy atom. The normalized spacial score (nSPS) is 21.0. The molecule has 6 heteroatoms. The number of aromatic nitrogens is 1. The lowest BCUT2D eigenvalue weighted by atomic mass is 9.80. The fourth-order valence-electron chi connectivity index (χ4n) is 4.24. The summed E-state index contributed by atoms with van der Waals surface area (Å²) < 4.78 is 5.59. The molecular weight excluding hydrogens is 338 g/mol. The Bertz CT molecular complexity index is 565. The topological polar surface area (TPSA) is 61.8 Å². The smallest absolute Gasteiger partial charge is 0.191 e. The third-order valence-electron chi connectivity index (χ3n) is 5.74. The van der Waals surface area contributed by atoms with Gasteiger partial charge in [0.25, 0.3) is 0 Å². The highest BCUT2D eigenvalue weighted by atomic mass is 16.5. The average molecular weight is 374 g/mol. The number of ether oxygens (including phenoxy) is 1. The van der Waals surface area contributed by atoms with Crippen LogP contribution in [0.2, 0.25) is 0 Å². The van der Waals surface area contributed by atoms with E-state index in [-0.39, 0.29) is 5.54 Å². The Kier molecular flexibility index (Phi) is 7.90. The van der Waals surface area contributed by atoms with E-state index in [9.17, 15) is 0 Å². The van der Waals surface area contributed by atoms with Crippen molar-refractivity contribution in [1.29, 1.82) is 0 Å². The second-order valence-corrected chi connectivity index (χ2v) is 7.58. The van der Waals surface area contributed by atoms with E-state index in [1.807, 2.05) is 18.3 Å². The summed E-state index contributed by atoms with van der Waals surface area (Å²) in [6.07, 6.45) is 9.25. The predicted molar refractivity (Wildman–Crippen MR) is 110 cm³/mol. The van der Waals surface area contributed by atoms with Gasteiger partial charge in [0.1, 0.15) is 0 Å². The maximum Gasteiger partial charge on any atom is 0.191 e. The van der Waals surface area contributed by atoms with Crippen LogP contribution in [0.4, 0.5) is 0 Å². The van der Waals surface area contributed by atoms with Crippen LogP contribution in [-0.4, -0.2) is 67.3 Å². The number of morpholine rings is 1. The number of aliphatic imine (C=N–C) groups is 1. The lowest BCUT2D eigenvalue weighted by Crippen LogP contribution is -2.56. The third-order valence-corrected chi connectivity index (χ3v) is 5.74. The summed E-state index contributed by atoms with van der Waals surface area (Å²) in [5.74, 6) is 0.923. The molecule has 2 aliphatic rings. The Hall–Kier alpha value is -1.66. The number of nitrogens with zero attached hydrogens (tertiary/aromatic N) is 3. The molecule has 0 aromatic carbocycles. The first kappa shape index (κ1) is 20.1. The predicted octanol–water partition coefficient (Wildman–Crippen LogP) is 2.21. The molecule has 0 atom stereocenters. The molecule has 0 spiro atoms. The van der Waals surface area contributed by atoms with Crippen LogP contribution in [0.15, 0.2) is 29.4 Å². The van der Waals surface area contributed by atoms with Crippen molar-refractivity contribution in [3.8, 4) is 0 Å². The van der Waals surface area contributed by atoms with Crippen LogP contribution >= 0.6 is 0 Å². The molecule has 2 heterocycles. The second kappa shape index (κ2) is 10.6. The molecule has 0 radical (unpaired) electrons. The van der Waals surface area contributed by atoms with Crippen molar-refractivity contribution in [2.45, 2.75) is 51.0 Å². The van der Waals surface area contributed by atoms with Crippen LogP contribution in [0, 0.1) is 0 Å². The molecule has 1 aromatic heterocycles. The molecular formula is C21H35N5O. The fraction of sp³-hybridized carbons (Fsp3) is 0.714. The minimum Gasteiger partial charge on any atom is -0.379 e. The van der Waals surface area contributed by atoms with Gasteiger partial charge >= 0.3 is 0 Å². The van der Waals surface area contributed by atoms with Gasteiger partial charge in [-0.1, -0.05) is 25.3 Å². The molecule has 0 bridgehead atoms. The summed E-state index contributed by atoms with van der Waals surface area (Å²) >= 11 is 0. The zero-order valence-corrected chi connectivity index (χ0v) is 16.8. The zero-order valence-electron chi connectivity index (χ0n) is 16.8. The van der Waals surface area contributed by atoms with Gasteiger partial charge in [0.15, 0.2) is 5.96 Å². The van der Waals surface area contributed by atoms with Gasteiger partial charge in [0, 0.05) is 50.0 Å². The highest BCUT2D eigenvalue weighted by Crippen LogP contribution is 2.34. The minimum atomic E-state index is 0.214. The molecule has 0 amide bonds. The van der Waals surface area contributed by atoms with E-state index in [0.29, 0.717) is 0 Å². The van der Waals surface area contributed by atoms with E-state index >= 15 is 0 Å². The van der Waals surface area contributed by atoms with E-state index in [2.05, 4.69) is 33.5 Å². The molecule has 1 aliphatic carbocycles. The van der Waals surface area contributed by atoms with Crippen molar-refractivity contribution in [1.82, 2.24) is 20.5 Å². The van der Waals surface area contributed by atoms with E-state index in [0.717, 1.165) is 64.0 Å². The van der Waals surface area contributed by atoms with Crippen molar-refractivity contribution in [2.24, 2.45) is 4.99 Å². The second-order valence-electron chi connectivity index (χ2n) is 7.58. The molecule has 2 fully saturated rings. The van der Waals surface area contributed by atoms with Gasteiger partial charge in [-0.3, -0.25) is 14.9 Å². The highest BCUT2D eigenvalue weighted by Gasteiger charge is 2.38. The molecule has 1 saturated heterocycles. The Morgan fingerprint density at radius 1 is 1.19 bits per heavy atom. The lowest BCUT2D eigenvalue weighted by Gasteiger charge is -2.47. The third kappa shape index (κ3) is 5.91. The summed E-state index contributed by atoms with van der Waals surface area (Å²) in [6, 6.07) is 6.07. The molecule has 0 unspecified atom stereocenters. The van der Waals surface area contributed by atoms with Crippen molar-refractivity contribution in [3.05, 3.63) is 30.1 Å². The molecule has 150 valence electrons. The van der Waals surface area contributed by atoms with Crippen molar-refractivity contribution in [3.63, 3.8) is 0 Å². The maximum absolute atomic E-state index is 5.59. The first-order valence-corrected chi connectivity index (χ1v) is 10.6. The quantitative estimate of drug-likeness (QED) is 0.567. The maximum atomic E-state index is 5.59. The van der Waals surface area contributed by atoms with E-state index < -0.39 is 0 Å². The minimum absolute atomic E-state index is 0.214. The number of rotatable bonds is 7. The zero-order chi connectivity index (χ0) is 18.8. The van der Waals surface area contributed by atoms with Crippen molar-refractivity contribution in [2.75, 3.05) is 45.9 Å². The number of guanidine groups is 1. The van der Waals surface area contributed by atoms with E-state index in [1.54, 1.807) is 0 Å². The molecule has 1 aliphatic heterocycles. The largest absolute Gasteiger partial charge is 0.379 e. The summed E-state index contributed by atoms with van der Waals surface area (Å²) in [4.78, 5) is 12.1. The Morgan fingerprint density at radius 2 is 2.00 bits per heavy atom. The molecule has 1 aromatic rings. The van der Waals surface area contributed by atoms with Crippen molar-refractivity contribution >= 4 is 5.96 Å². The van der Waals surface area contributed by atoms with Crippen LogP contribution in [0.25, 0.3) is 0 Å². The van der Waals surface area contributed by atoms with Crippen LogP contribution in [0.3, 0.4) is 0 Å². The number of hydrogen-bond acceptors (Lipinski definition) is 4. The van der Waals surface area contributed by atoms with Crippen LogP contribution in [0.1, 0.15) is 44.7 Å². The Labute approximate surface area is 163 Å². The first-order valence-electron chi connectivity index (χ1n) is 10.6. The SMILES string of the molecule is CCNC(=NCC1(N2CCOCC2)CCCCC1)NCCc1ccccn1. The van der Waals surface area contributed by atoms with Gasteiger partial charge in [-0.05, 0) is 31.9 Å². The monoisotopic (exact) mass is 373 g/mol. The van der Waals surface area contributed by atoms with Gasteiger partial charge in [-0.2, -0.15) is 0 Å². The van der Waals surface area contributed by atoms with Gasteiger partial charge in [-0.25, -0.2) is 0 Å². The summed E-state index contributed by atoms with van der Waals surface area (Å²) in [5.41, 5.74) is 1.32. The highest BCUT2D eigenvalue weighted by molar-refractivity contribution is 5.79. The fourth-order valence-corrected chi connectivity index (χ4v) is 4.24. The van der Waals surface area contributed by atoms with Crippen LogP contribution in [-0.2, 0) is 11.2 Å². The van der Waals surface area contributed by atoms with Gasteiger partial charge in [0.05, 0.1) is 19.8 Å². The van der Waals surface area contributed by atoms with Crippen molar-refractivity contribution < 1.29 is 4.74 Å². The van der Waals surface area contributed by atoms with Crippen LogP contribution < -0.4 is 10.6 Å². The summed E-state index contributed by atoms with van der Waals surface area (Å²) in [6.45, 7) is 8.49. The number of pyridine rings is 1. The van der Waals surface area contributed by atoms with Gasteiger partial charge in [0.2, 0.25) is 0 Å². The molecule has 1 saturated carbocycles. The summed E-state index contributed by atoms with van der Waals surface area (Å²) in [7, 11) is 0. The van der Waals surface area contributed by atoms with Crippen LogP contribution in [0.5, 0.6) is 0 Å².